The molecule has 0 bridgehead atoms. The molecule has 0 aliphatic rings. The van der Waals surface area contributed by atoms with Crippen LogP contribution < -0.4 is 4.57 Å². The number of likely N-dealkylation sites (N-methyl/N-ethyl adjacent to an activating group) is 1. The fourth-order valence-electron chi connectivity index (χ4n) is 2.04. The number of carbonyl (C=O) groups is 2. The Morgan fingerprint density at radius 3 is 2.24 bits per heavy atom. The van der Waals surface area contributed by atoms with Crippen molar-refractivity contribution in [3.63, 3.8) is 0 Å². The van der Waals surface area contributed by atoms with Crippen LogP contribution in [0, 0.1) is 0 Å². The Morgan fingerprint density at radius 1 is 1.05 bits per heavy atom. The molecule has 0 atom stereocenters. The summed E-state index contributed by atoms with van der Waals surface area (Å²) in [5, 5.41) is 0. The lowest BCUT2D eigenvalue weighted by Crippen LogP contribution is -2.36. The van der Waals surface area contributed by atoms with Crippen LogP contribution in [0.5, 0.6) is 0 Å². The van der Waals surface area contributed by atoms with Gasteiger partial charge in [0.05, 0.1) is 0 Å². The molecule has 0 spiro atoms. The van der Waals surface area contributed by atoms with Crippen LogP contribution in [-0.4, -0.2) is 23.1 Å². The SMILES string of the molecule is CCN(Cc1cc[n+](C)cc1)C(=O)C(=O)c1ccccc1. The summed E-state index contributed by atoms with van der Waals surface area (Å²) in [6.07, 6.45) is 3.85. The van der Waals surface area contributed by atoms with Crippen LogP contribution in [0.15, 0.2) is 54.9 Å². The first-order valence-corrected chi connectivity index (χ1v) is 6.94. The fourth-order valence-corrected chi connectivity index (χ4v) is 2.04. The molecule has 0 fully saturated rings. The zero-order valence-electron chi connectivity index (χ0n) is 12.3. The number of carbonyl (C=O) groups excluding carboxylic acids is 2. The van der Waals surface area contributed by atoms with Crippen LogP contribution in [0.1, 0.15) is 22.8 Å². The highest BCUT2D eigenvalue weighted by molar-refractivity contribution is 6.42. The molecule has 1 aromatic carbocycles. The van der Waals surface area contributed by atoms with Crippen LogP contribution in [0.3, 0.4) is 0 Å². The van der Waals surface area contributed by atoms with Crippen LogP contribution in [-0.2, 0) is 18.4 Å². The molecule has 1 amide bonds. The van der Waals surface area contributed by atoms with E-state index in [1.54, 1.807) is 29.2 Å². The second kappa shape index (κ2) is 6.79. The Labute approximate surface area is 124 Å². The molecule has 2 aromatic rings. The van der Waals surface area contributed by atoms with E-state index in [2.05, 4.69) is 0 Å². The number of ketones is 1. The zero-order valence-corrected chi connectivity index (χ0v) is 12.3. The van der Waals surface area contributed by atoms with Crippen molar-refractivity contribution in [1.29, 1.82) is 0 Å². The molecule has 0 aliphatic heterocycles. The van der Waals surface area contributed by atoms with E-state index in [9.17, 15) is 9.59 Å². The van der Waals surface area contributed by atoms with Crippen molar-refractivity contribution in [1.82, 2.24) is 4.90 Å². The molecular weight excluding hydrogens is 264 g/mol. The lowest BCUT2D eigenvalue weighted by molar-refractivity contribution is -0.671. The summed E-state index contributed by atoms with van der Waals surface area (Å²) in [4.78, 5) is 26.1. The van der Waals surface area contributed by atoms with Gasteiger partial charge in [0.1, 0.15) is 7.05 Å². The number of amides is 1. The molecule has 4 heteroatoms. The second-order valence-electron chi connectivity index (χ2n) is 4.89. The first-order chi connectivity index (χ1) is 10.1. The van der Waals surface area contributed by atoms with Gasteiger partial charge in [0.15, 0.2) is 12.4 Å². The van der Waals surface area contributed by atoms with Crippen molar-refractivity contribution in [3.8, 4) is 0 Å². The summed E-state index contributed by atoms with van der Waals surface area (Å²) >= 11 is 0. The average molecular weight is 283 g/mol. The molecule has 4 nitrogen and oxygen atoms in total. The van der Waals surface area contributed by atoms with E-state index in [0.29, 0.717) is 18.7 Å². The van der Waals surface area contributed by atoms with Crippen LogP contribution in [0.4, 0.5) is 0 Å². The van der Waals surface area contributed by atoms with Crippen molar-refractivity contribution in [2.75, 3.05) is 6.54 Å². The van der Waals surface area contributed by atoms with Crippen LogP contribution in [0.2, 0.25) is 0 Å². The third kappa shape index (κ3) is 3.75. The average Bonchev–Trinajstić information content (AvgIpc) is 2.54. The Bertz CT molecular complexity index is 621. The van der Waals surface area contributed by atoms with Gasteiger partial charge in [-0.05, 0) is 12.5 Å². The second-order valence-corrected chi connectivity index (χ2v) is 4.89. The van der Waals surface area contributed by atoms with Gasteiger partial charge in [-0.1, -0.05) is 30.3 Å². The lowest BCUT2D eigenvalue weighted by atomic mass is 10.1. The molecule has 21 heavy (non-hydrogen) atoms. The van der Waals surface area contributed by atoms with Crippen molar-refractivity contribution in [3.05, 3.63) is 66.0 Å². The van der Waals surface area contributed by atoms with E-state index in [1.165, 1.54) is 0 Å². The van der Waals surface area contributed by atoms with Crippen LogP contribution in [0.25, 0.3) is 0 Å². The first-order valence-electron chi connectivity index (χ1n) is 6.94. The molecular formula is C17H19N2O2+. The Balaban J connectivity index is 2.11. The lowest BCUT2D eigenvalue weighted by Gasteiger charge is -2.19. The number of rotatable bonds is 5. The van der Waals surface area contributed by atoms with Crippen molar-refractivity contribution >= 4 is 11.7 Å². The molecule has 1 heterocycles. The molecule has 1 aromatic heterocycles. The zero-order chi connectivity index (χ0) is 15.2. The molecule has 108 valence electrons. The number of nitrogens with zero attached hydrogens (tertiary/aromatic N) is 2. The normalized spacial score (nSPS) is 10.2. The molecule has 0 saturated carbocycles. The van der Waals surface area contributed by atoms with E-state index >= 15 is 0 Å². The van der Waals surface area contributed by atoms with Gasteiger partial charge in [0, 0.05) is 30.8 Å². The third-order valence-corrected chi connectivity index (χ3v) is 3.32. The highest BCUT2D eigenvalue weighted by Crippen LogP contribution is 2.07. The molecule has 0 saturated heterocycles. The minimum atomic E-state index is -0.461. The maximum Gasteiger partial charge on any atom is 0.295 e. The third-order valence-electron chi connectivity index (χ3n) is 3.32. The fraction of sp³-hybridized carbons (Fsp3) is 0.235. The van der Waals surface area contributed by atoms with Crippen molar-refractivity contribution < 1.29 is 14.2 Å². The van der Waals surface area contributed by atoms with Gasteiger partial charge in [-0.2, -0.15) is 0 Å². The van der Waals surface area contributed by atoms with Gasteiger partial charge in [-0.3, -0.25) is 9.59 Å². The summed E-state index contributed by atoms with van der Waals surface area (Å²) < 4.78 is 1.93. The number of pyridine rings is 1. The molecule has 2 rings (SSSR count). The highest BCUT2D eigenvalue weighted by Gasteiger charge is 2.22. The van der Waals surface area contributed by atoms with Gasteiger partial charge in [0.2, 0.25) is 5.78 Å². The Hall–Kier alpha value is -2.49. The summed E-state index contributed by atoms with van der Waals surface area (Å²) in [6.45, 7) is 2.81. The molecule has 0 aliphatic carbocycles. The van der Waals surface area contributed by atoms with E-state index in [4.69, 9.17) is 0 Å². The predicted octanol–water partition coefficient (Wildman–Crippen LogP) is 1.74. The molecule has 0 radical (unpaired) electrons. The predicted molar refractivity (Wildman–Crippen MR) is 79.5 cm³/mol. The van der Waals surface area contributed by atoms with E-state index in [0.717, 1.165) is 5.56 Å². The number of aromatic nitrogens is 1. The first kappa shape index (κ1) is 14.9. The summed E-state index contributed by atoms with van der Waals surface area (Å²) in [5.41, 5.74) is 1.43. The van der Waals surface area contributed by atoms with E-state index in [1.807, 2.05) is 49.1 Å². The number of Topliss-reactive ketones (excluding diaryl/α,β-unsaturated/α-hetero) is 1. The van der Waals surface area contributed by atoms with E-state index < -0.39 is 11.7 Å². The minimum absolute atomic E-state index is 0.431. The largest absolute Gasteiger partial charge is 0.332 e. The quantitative estimate of drug-likeness (QED) is 0.476. The molecule has 0 N–H and O–H groups in total. The van der Waals surface area contributed by atoms with Crippen molar-refractivity contribution in [2.24, 2.45) is 7.05 Å². The van der Waals surface area contributed by atoms with Crippen LogP contribution >= 0.6 is 0 Å². The Morgan fingerprint density at radius 2 is 1.67 bits per heavy atom. The maximum absolute atomic E-state index is 12.3. The van der Waals surface area contributed by atoms with Gasteiger partial charge in [-0.15, -0.1) is 0 Å². The molecule has 0 unspecified atom stereocenters. The van der Waals surface area contributed by atoms with Crippen molar-refractivity contribution in [2.45, 2.75) is 13.5 Å². The van der Waals surface area contributed by atoms with E-state index in [-0.39, 0.29) is 0 Å². The Kier molecular flexibility index (Phi) is 4.82. The number of aryl methyl sites for hydroxylation is 1. The van der Waals surface area contributed by atoms with Gasteiger partial charge < -0.3 is 4.90 Å². The van der Waals surface area contributed by atoms with Gasteiger partial charge >= 0.3 is 0 Å². The smallest absolute Gasteiger partial charge is 0.295 e. The standard InChI is InChI=1S/C17H19N2O2/c1-3-19(13-14-9-11-18(2)12-10-14)17(21)16(20)15-7-5-4-6-8-15/h4-12H,3,13H2,1-2H3/q+1. The number of hydrogen-bond donors (Lipinski definition) is 0. The van der Waals surface area contributed by atoms with Gasteiger partial charge in [-0.25, -0.2) is 4.57 Å². The maximum atomic E-state index is 12.3. The highest BCUT2D eigenvalue weighted by atomic mass is 16.2. The number of hydrogen-bond acceptors (Lipinski definition) is 2. The van der Waals surface area contributed by atoms with Gasteiger partial charge in [0.25, 0.3) is 5.91 Å². The topological polar surface area (TPSA) is 41.3 Å². The summed E-state index contributed by atoms with van der Waals surface area (Å²) in [6, 6.07) is 12.6. The summed E-state index contributed by atoms with van der Waals surface area (Å²) in [5.74, 6) is -0.920. The number of benzene rings is 1. The monoisotopic (exact) mass is 283 g/mol. The minimum Gasteiger partial charge on any atom is -0.332 e. The summed E-state index contributed by atoms with van der Waals surface area (Å²) in [7, 11) is 1.94.